The van der Waals surface area contributed by atoms with Crippen molar-refractivity contribution in [3.05, 3.63) is 73.8 Å². The van der Waals surface area contributed by atoms with Gasteiger partial charge in [-0.3, -0.25) is 14.9 Å². The fraction of sp³-hybridized carbons (Fsp3) is 0.0667. The van der Waals surface area contributed by atoms with Crippen LogP contribution in [-0.2, 0) is 0 Å². The van der Waals surface area contributed by atoms with E-state index >= 15 is 0 Å². The van der Waals surface area contributed by atoms with Gasteiger partial charge in [0.1, 0.15) is 5.02 Å². The fourth-order valence-corrected chi connectivity index (χ4v) is 2.27. The number of benzene rings is 2. The number of hydrogen-bond acceptors (Lipinski definition) is 4. The number of carboxylic acid groups (broad SMARTS) is 1. The van der Waals surface area contributed by atoms with Crippen molar-refractivity contribution in [3.8, 4) is 0 Å². The summed E-state index contributed by atoms with van der Waals surface area (Å²) in [6.45, 7) is 1.60. The molecule has 22 heavy (non-hydrogen) atoms. The molecule has 2 aromatic rings. The average Bonchev–Trinajstić information content (AvgIpc) is 2.46. The first-order valence-corrected chi connectivity index (χ1v) is 6.52. The number of carbonyl (C=O) groups excluding carboxylic acids is 1. The Balaban J connectivity index is 2.61. The summed E-state index contributed by atoms with van der Waals surface area (Å²) in [5, 5.41) is 20.0. The van der Waals surface area contributed by atoms with E-state index in [2.05, 4.69) is 0 Å². The van der Waals surface area contributed by atoms with Gasteiger partial charge in [-0.25, -0.2) is 4.79 Å². The lowest BCUT2D eigenvalue weighted by Gasteiger charge is -2.09. The minimum atomic E-state index is -1.24. The largest absolute Gasteiger partial charge is 0.478 e. The molecular formula is C15H10ClNO5. The number of halogens is 1. The van der Waals surface area contributed by atoms with Gasteiger partial charge in [0, 0.05) is 17.2 Å². The molecule has 0 heterocycles. The standard InChI is InChI=1S/C15H10ClNO5/c1-8-3-2-4-10(15(19)20)13(8)14(18)9-5-6-11(16)12(7-9)17(21)22/h2-7H,1H3,(H,19,20). The summed E-state index contributed by atoms with van der Waals surface area (Å²) in [6.07, 6.45) is 0. The number of nitro groups is 1. The van der Waals surface area contributed by atoms with E-state index in [9.17, 15) is 24.8 Å². The lowest BCUT2D eigenvalue weighted by Crippen LogP contribution is -2.12. The van der Waals surface area contributed by atoms with E-state index in [1.54, 1.807) is 13.0 Å². The Labute approximate surface area is 130 Å². The maximum atomic E-state index is 12.5. The normalized spacial score (nSPS) is 10.3. The van der Waals surface area contributed by atoms with Crippen molar-refractivity contribution < 1.29 is 19.6 Å². The minimum Gasteiger partial charge on any atom is -0.478 e. The van der Waals surface area contributed by atoms with Crippen molar-refractivity contribution in [2.45, 2.75) is 6.92 Å². The summed E-state index contributed by atoms with van der Waals surface area (Å²) in [7, 11) is 0. The molecule has 0 radical (unpaired) electrons. The Kier molecular flexibility index (Phi) is 4.23. The molecule has 0 aromatic heterocycles. The number of carbonyl (C=O) groups is 2. The van der Waals surface area contributed by atoms with Gasteiger partial charge in [-0.2, -0.15) is 0 Å². The van der Waals surface area contributed by atoms with Crippen LogP contribution < -0.4 is 0 Å². The molecule has 6 nitrogen and oxygen atoms in total. The van der Waals surface area contributed by atoms with E-state index in [1.165, 1.54) is 24.3 Å². The van der Waals surface area contributed by atoms with Crippen LogP contribution in [-0.4, -0.2) is 21.8 Å². The van der Waals surface area contributed by atoms with Gasteiger partial charge in [0.05, 0.1) is 10.5 Å². The van der Waals surface area contributed by atoms with Gasteiger partial charge in [-0.05, 0) is 30.7 Å². The number of hydrogen-bond donors (Lipinski definition) is 1. The lowest BCUT2D eigenvalue weighted by atomic mass is 9.94. The van der Waals surface area contributed by atoms with E-state index in [0.717, 1.165) is 6.07 Å². The molecule has 0 fully saturated rings. The predicted octanol–water partition coefficient (Wildman–Crippen LogP) is 3.49. The Bertz CT molecular complexity index is 801. The molecule has 0 atom stereocenters. The van der Waals surface area contributed by atoms with E-state index in [0.29, 0.717) is 5.56 Å². The highest BCUT2D eigenvalue weighted by atomic mass is 35.5. The van der Waals surface area contributed by atoms with E-state index in [4.69, 9.17) is 11.6 Å². The number of carboxylic acids is 1. The zero-order valence-corrected chi connectivity index (χ0v) is 12.1. The summed E-state index contributed by atoms with van der Waals surface area (Å²) in [5.74, 6) is -1.84. The Morgan fingerprint density at radius 1 is 1.23 bits per heavy atom. The number of ketones is 1. The van der Waals surface area contributed by atoms with Crippen LogP contribution in [0.25, 0.3) is 0 Å². The van der Waals surface area contributed by atoms with Gasteiger partial charge in [-0.15, -0.1) is 0 Å². The molecule has 0 saturated carbocycles. The van der Waals surface area contributed by atoms with Crippen molar-refractivity contribution in [1.29, 1.82) is 0 Å². The summed E-state index contributed by atoms with van der Waals surface area (Å²) in [6, 6.07) is 8.06. The zero-order chi connectivity index (χ0) is 16.4. The molecule has 0 aliphatic carbocycles. The molecule has 2 rings (SSSR count). The van der Waals surface area contributed by atoms with Crippen LogP contribution in [0.1, 0.15) is 31.8 Å². The van der Waals surface area contributed by atoms with Gasteiger partial charge >= 0.3 is 5.97 Å². The minimum absolute atomic E-state index is 0.00613. The van der Waals surface area contributed by atoms with Crippen LogP contribution in [0.15, 0.2) is 36.4 Å². The van der Waals surface area contributed by atoms with Gasteiger partial charge in [0.15, 0.2) is 5.78 Å². The highest BCUT2D eigenvalue weighted by Crippen LogP contribution is 2.27. The Morgan fingerprint density at radius 2 is 1.91 bits per heavy atom. The van der Waals surface area contributed by atoms with Crippen molar-refractivity contribution in [1.82, 2.24) is 0 Å². The molecule has 0 aliphatic heterocycles. The summed E-state index contributed by atoms with van der Waals surface area (Å²) < 4.78 is 0. The number of nitrogens with zero attached hydrogens (tertiary/aromatic N) is 1. The van der Waals surface area contributed by atoms with Gasteiger partial charge in [0.2, 0.25) is 0 Å². The highest BCUT2D eigenvalue weighted by Gasteiger charge is 2.22. The third-order valence-electron chi connectivity index (χ3n) is 3.14. The molecule has 1 N–H and O–H groups in total. The molecule has 0 bridgehead atoms. The van der Waals surface area contributed by atoms with Crippen LogP contribution in [0.3, 0.4) is 0 Å². The maximum Gasteiger partial charge on any atom is 0.336 e. The van der Waals surface area contributed by atoms with Crippen LogP contribution in [0, 0.1) is 17.0 Å². The maximum absolute atomic E-state index is 12.5. The Hall–Kier alpha value is -2.73. The lowest BCUT2D eigenvalue weighted by molar-refractivity contribution is -0.384. The smallest absolute Gasteiger partial charge is 0.336 e. The number of aromatic carboxylic acids is 1. The zero-order valence-electron chi connectivity index (χ0n) is 11.4. The predicted molar refractivity (Wildman–Crippen MR) is 79.7 cm³/mol. The molecule has 0 spiro atoms. The summed E-state index contributed by atoms with van der Waals surface area (Å²) >= 11 is 5.71. The van der Waals surface area contributed by atoms with Gasteiger partial charge < -0.3 is 5.11 Å². The molecule has 112 valence electrons. The van der Waals surface area contributed by atoms with Crippen LogP contribution in [0.4, 0.5) is 5.69 Å². The van der Waals surface area contributed by atoms with Crippen molar-refractivity contribution >= 4 is 29.0 Å². The third kappa shape index (κ3) is 2.82. The number of nitro benzene ring substituents is 1. The second kappa shape index (κ2) is 5.95. The molecule has 2 aromatic carbocycles. The quantitative estimate of drug-likeness (QED) is 0.528. The molecule has 0 saturated heterocycles. The average molecular weight is 320 g/mol. The monoisotopic (exact) mass is 319 g/mol. The highest BCUT2D eigenvalue weighted by molar-refractivity contribution is 6.33. The van der Waals surface area contributed by atoms with Crippen LogP contribution in [0.5, 0.6) is 0 Å². The van der Waals surface area contributed by atoms with Gasteiger partial charge in [-0.1, -0.05) is 23.7 Å². The number of rotatable bonds is 4. The fourth-order valence-electron chi connectivity index (χ4n) is 2.09. The molecule has 7 heteroatoms. The van der Waals surface area contributed by atoms with E-state index in [1.807, 2.05) is 0 Å². The molecule has 0 unspecified atom stereocenters. The first kappa shape index (κ1) is 15.7. The molecular weight excluding hydrogens is 310 g/mol. The van der Waals surface area contributed by atoms with Crippen molar-refractivity contribution in [3.63, 3.8) is 0 Å². The summed E-state index contributed by atoms with van der Waals surface area (Å²) in [4.78, 5) is 34.0. The van der Waals surface area contributed by atoms with Crippen molar-refractivity contribution in [2.24, 2.45) is 0 Å². The van der Waals surface area contributed by atoms with Crippen molar-refractivity contribution in [2.75, 3.05) is 0 Å². The molecule has 0 amide bonds. The van der Waals surface area contributed by atoms with E-state index in [-0.39, 0.29) is 21.7 Å². The molecule has 0 aliphatic rings. The Morgan fingerprint density at radius 3 is 2.50 bits per heavy atom. The summed E-state index contributed by atoms with van der Waals surface area (Å²) in [5.41, 5.74) is -0.0670. The second-order valence-electron chi connectivity index (χ2n) is 4.56. The topological polar surface area (TPSA) is 97.5 Å². The first-order chi connectivity index (χ1) is 10.3. The number of aryl methyl sites for hydroxylation is 1. The first-order valence-electron chi connectivity index (χ1n) is 6.14. The SMILES string of the molecule is Cc1cccc(C(=O)O)c1C(=O)c1ccc(Cl)c([N+](=O)[O-])c1. The van der Waals surface area contributed by atoms with Gasteiger partial charge in [0.25, 0.3) is 5.69 Å². The van der Waals surface area contributed by atoms with Crippen LogP contribution in [0.2, 0.25) is 5.02 Å². The van der Waals surface area contributed by atoms with Crippen LogP contribution >= 0.6 is 11.6 Å². The van der Waals surface area contributed by atoms with E-state index < -0.39 is 22.4 Å². The second-order valence-corrected chi connectivity index (χ2v) is 4.96. The third-order valence-corrected chi connectivity index (χ3v) is 3.45.